The van der Waals surface area contributed by atoms with Crippen molar-refractivity contribution in [1.82, 2.24) is 0 Å². The Hall–Kier alpha value is -0.353. The molecule has 2 bridgehead atoms. The first-order chi connectivity index (χ1) is 9.13. The average molecular weight is 296 g/mol. The summed E-state index contributed by atoms with van der Waals surface area (Å²) < 4.78 is 11.8. The molecule has 4 heteroatoms. The Morgan fingerprint density at radius 2 is 1.90 bits per heavy atom. The fraction of sp³-hybridized carbons (Fsp3) is 0.938. The molecule has 0 aromatic heterocycles. The molecule has 0 aromatic carbocycles. The van der Waals surface area contributed by atoms with E-state index in [2.05, 4.69) is 33.5 Å². The van der Waals surface area contributed by atoms with Crippen LogP contribution in [-0.4, -0.2) is 27.0 Å². The molecule has 5 atom stereocenters. The van der Waals surface area contributed by atoms with Crippen molar-refractivity contribution >= 4 is 14.3 Å². The van der Waals surface area contributed by atoms with Crippen molar-refractivity contribution in [3.8, 4) is 0 Å². The standard InChI is InChI=1S/C16H28O3Si/c1-15(2)10-7-8-16(19-20(4,5)6)11(9-10)12(15)13(16)14(17)18-3/h10-13H,7-9H2,1-6H3. The predicted molar refractivity (Wildman–Crippen MR) is 80.8 cm³/mol. The van der Waals surface area contributed by atoms with Gasteiger partial charge >= 0.3 is 5.97 Å². The van der Waals surface area contributed by atoms with Crippen molar-refractivity contribution in [3.05, 3.63) is 0 Å². The molecular formula is C16H28O3Si. The molecule has 3 fully saturated rings. The summed E-state index contributed by atoms with van der Waals surface area (Å²) in [6.45, 7) is 11.4. The molecule has 0 heterocycles. The van der Waals surface area contributed by atoms with E-state index in [1.54, 1.807) is 0 Å². The third-order valence-electron chi connectivity index (χ3n) is 6.23. The Labute approximate surface area is 123 Å². The summed E-state index contributed by atoms with van der Waals surface area (Å²) >= 11 is 0. The Bertz CT molecular complexity index is 439. The molecule has 0 spiro atoms. The van der Waals surface area contributed by atoms with Gasteiger partial charge in [0.25, 0.3) is 0 Å². The highest BCUT2D eigenvalue weighted by Gasteiger charge is 2.76. The molecule has 0 aromatic rings. The first-order valence-electron chi connectivity index (χ1n) is 7.91. The number of esters is 1. The van der Waals surface area contributed by atoms with Gasteiger partial charge < -0.3 is 9.16 Å². The zero-order valence-corrected chi connectivity index (χ0v) is 14.7. The van der Waals surface area contributed by atoms with E-state index in [0.717, 1.165) is 12.3 Å². The maximum atomic E-state index is 12.4. The Morgan fingerprint density at radius 1 is 1.25 bits per heavy atom. The van der Waals surface area contributed by atoms with Crippen LogP contribution in [0, 0.1) is 29.1 Å². The van der Waals surface area contributed by atoms with Crippen LogP contribution in [-0.2, 0) is 14.0 Å². The number of fused-ring (bicyclic) bond motifs is 1. The van der Waals surface area contributed by atoms with Gasteiger partial charge in [0.05, 0.1) is 18.6 Å². The predicted octanol–water partition coefficient (Wildman–Crippen LogP) is 3.45. The summed E-state index contributed by atoms with van der Waals surface area (Å²) in [7, 11) is -0.153. The molecule has 3 aliphatic carbocycles. The maximum absolute atomic E-state index is 12.4. The first kappa shape index (κ1) is 14.6. The van der Waals surface area contributed by atoms with Crippen molar-refractivity contribution in [3.63, 3.8) is 0 Å². The molecule has 0 N–H and O–H groups in total. The minimum absolute atomic E-state index is 0.0354. The molecule has 0 radical (unpaired) electrons. The first-order valence-corrected chi connectivity index (χ1v) is 11.3. The lowest BCUT2D eigenvalue weighted by molar-refractivity contribution is -0.212. The number of methoxy groups -OCH3 is 1. The molecular weight excluding hydrogens is 268 g/mol. The van der Waals surface area contributed by atoms with Crippen molar-refractivity contribution in [2.45, 2.75) is 58.4 Å². The van der Waals surface area contributed by atoms with E-state index in [4.69, 9.17) is 9.16 Å². The van der Waals surface area contributed by atoms with Crippen molar-refractivity contribution in [1.29, 1.82) is 0 Å². The van der Waals surface area contributed by atoms with Crippen LogP contribution in [0.2, 0.25) is 19.6 Å². The molecule has 3 aliphatic rings. The zero-order valence-electron chi connectivity index (χ0n) is 13.7. The molecule has 0 amide bonds. The molecule has 3 rings (SSSR count). The van der Waals surface area contributed by atoms with Gasteiger partial charge in [-0.3, -0.25) is 4.79 Å². The SMILES string of the molecule is COC(=O)C1C2C3CC(CCC31O[Si](C)(C)C)C2(C)C. The zero-order chi connectivity index (χ0) is 14.9. The molecule has 0 saturated heterocycles. The van der Waals surface area contributed by atoms with Crippen LogP contribution in [0.4, 0.5) is 0 Å². The lowest BCUT2D eigenvalue weighted by Crippen LogP contribution is -2.69. The van der Waals surface area contributed by atoms with Gasteiger partial charge in [-0.2, -0.15) is 0 Å². The van der Waals surface area contributed by atoms with Crippen LogP contribution in [0.3, 0.4) is 0 Å². The molecule has 3 saturated carbocycles. The monoisotopic (exact) mass is 296 g/mol. The lowest BCUT2D eigenvalue weighted by Gasteiger charge is -2.61. The average Bonchev–Trinajstić information content (AvgIpc) is 2.42. The van der Waals surface area contributed by atoms with Crippen molar-refractivity contribution < 1.29 is 14.0 Å². The van der Waals surface area contributed by atoms with Gasteiger partial charge in [-0.15, -0.1) is 0 Å². The highest BCUT2D eigenvalue weighted by atomic mass is 28.4. The van der Waals surface area contributed by atoms with Crippen LogP contribution in [0.25, 0.3) is 0 Å². The van der Waals surface area contributed by atoms with E-state index in [9.17, 15) is 4.79 Å². The van der Waals surface area contributed by atoms with Gasteiger partial charge in [-0.25, -0.2) is 0 Å². The highest BCUT2D eigenvalue weighted by molar-refractivity contribution is 6.69. The summed E-state index contributed by atoms with van der Waals surface area (Å²) in [6, 6.07) is 0. The van der Waals surface area contributed by atoms with Crippen LogP contribution < -0.4 is 0 Å². The lowest BCUT2D eigenvalue weighted by atomic mass is 9.50. The summed E-state index contributed by atoms with van der Waals surface area (Å²) in [6.07, 6.45) is 3.50. The van der Waals surface area contributed by atoms with Crippen LogP contribution in [0.5, 0.6) is 0 Å². The number of rotatable bonds is 3. The fourth-order valence-electron chi connectivity index (χ4n) is 5.59. The molecule has 5 unspecified atom stereocenters. The van der Waals surface area contributed by atoms with Gasteiger partial charge in [0, 0.05) is 0 Å². The Kier molecular flexibility index (Phi) is 2.99. The molecule has 0 aliphatic heterocycles. The van der Waals surface area contributed by atoms with E-state index in [-0.39, 0.29) is 22.9 Å². The van der Waals surface area contributed by atoms with Gasteiger partial charge in [-0.05, 0) is 62.1 Å². The molecule has 114 valence electrons. The number of carbonyl (C=O) groups is 1. The van der Waals surface area contributed by atoms with Crippen molar-refractivity contribution in [2.24, 2.45) is 29.1 Å². The van der Waals surface area contributed by atoms with Gasteiger partial charge in [0.1, 0.15) is 0 Å². The fourth-order valence-corrected chi connectivity index (χ4v) is 7.11. The number of ether oxygens (including phenoxy) is 1. The highest BCUT2D eigenvalue weighted by Crippen LogP contribution is 2.73. The third-order valence-corrected chi connectivity index (χ3v) is 7.22. The van der Waals surface area contributed by atoms with E-state index in [1.807, 2.05) is 0 Å². The summed E-state index contributed by atoms with van der Waals surface area (Å²) in [5.41, 5.74) is 0.0544. The number of carbonyl (C=O) groups excluding carboxylic acids is 1. The van der Waals surface area contributed by atoms with Crippen LogP contribution in [0.1, 0.15) is 33.1 Å². The Balaban J connectivity index is 2.00. The minimum atomic E-state index is -1.67. The van der Waals surface area contributed by atoms with Gasteiger partial charge in [0.15, 0.2) is 8.32 Å². The quantitative estimate of drug-likeness (QED) is 0.591. The van der Waals surface area contributed by atoms with Gasteiger partial charge in [-0.1, -0.05) is 13.8 Å². The summed E-state index contributed by atoms with van der Waals surface area (Å²) in [4.78, 5) is 12.4. The number of hydrogen-bond donors (Lipinski definition) is 0. The van der Waals surface area contributed by atoms with E-state index >= 15 is 0 Å². The third kappa shape index (κ3) is 1.70. The normalized spacial score (nSPS) is 44.9. The minimum Gasteiger partial charge on any atom is -0.469 e. The van der Waals surface area contributed by atoms with Crippen LogP contribution in [0.15, 0.2) is 0 Å². The van der Waals surface area contributed by atoms with Crippen molar-refractivity contribution in [2.75, 3.05) is 7.11 Å². The molecule has 20 heavy (non-hydrogen) atoms. The smallest absolute Gasteiger partial charge is 0.311 e. The molecule has 3 nitrogen and oxygen atoms in total. The maximum Gasteiger partial charge on any atom is 0.311 e. The van der Waals surface area contributed by atoms with E-state index < -0.39 is 8.32 Å². The number of hydrogen-bond acceptors (Lipinski definition) is 3. The van der Waals surface area contributed by atoms with Crippen LogP contribution >= 0.6 is 0 Å². The summed E-state index contributed by atoms with van der Waals surface area (Å²) in [5, 5.41) is 0. The van der Waals surface area contributed by atoms with E-state index in [0.29, 0.717) is 11.8 Å². The second-order valence-corrected chi connectivity index (χ2v) is 13.0. The largest absolute Gasteiger partial charge is 0.469 e. The summed E-state index contributed by atoms with van der Waals surface area (Å²) in [5.74, 6) is 1.71. The second-order valence-electron chi connectivity index (χ2n) is 8.60. The Morgan fingerprint density at radius 3 is 2.45 bits per heavy atom. The van der Waals surface area contributed by atoms with E-state index in [1.165, 1.54) is 20.0 Å². The second kappa shape index (κ2) is 4.10. The topological polar surface area (TPSA) is 35.5 Å². The van der Waals surface area contributed by atoms with Gasteiger partial charge in [0.2, 0.25) is 0 Å².